The van der Waals surface area contributed by atoms with Gasteiger partial charge in [-0.25, -0.2) is 0 Å². The second kappa shape index (κ2) is 37.3. The first-order valence-corrected chi connectivity index (χ1v) is 23.9. The van der Waals surface area contributed by atoms with Crippen LogP contribution in [0.2, 0.25) is 0 Å². The lowest BCUT2D eigenvalue weighted by atomic mass is 10.0. The van der Waals surface area contributed by atoms with Gasteiger partial charge in [0.05, 0.1) is 27.7 Å². The van der Waals surface area contributed by atoms with Crippen LogP contribution in [0.5, 0.6) is 0 Å². The van der Waals surface area contributed by atoms with Crippen LogP contribution in [0.1, 0.15) is 206 Å². The van der Waals surface area contributed by atoms with Crippen molar-refractivity contribution in [1.82, 2.24) is 0 Å². The summed E-state index contributed by atoms with van der Waals surface area (Å²) in [5.74, 6) is -0.835. The largest absolute Gasteiger partial charge is 0.756 e. The average Bonchev–Trinajstić information content (AvgIpc) is 3.12. The Morgan fingerprint density at radius 3 is 1.41 bits per heavy atom. The van der Waals surface area contributed by atoms with Gasteiger partial charge in [-0.05, 0) is 38.5 Å². The fourth-order valence-electron chi connectivity index (χ4n) is 6.24. The predicted octanol–water partition coefficient (Wildman–Crippen LogP) is 11.9. The summed E-state index contributed by atoms with van der Waals surface area (Å²) in [5, 5.41) is 0. The van der Waals surface area contributed by atoms with Gasteiger partial charge in [0.2, 0.25) is 0 Å². The number of phosphoric acid groups is 1. The zero-order valence-corrected chi connectivity index (χ0v) is 36.8. The molecule has 0 rings (SSSR count). The summed E-state index contributed by atoms with van der Waals surface area (Å²) < 4.78 is 33.9. The molecule has 0 amide bonds. The van der Waals surface area contributed by atoms with E-state index in [1.807, 2.05) is 21.1 Å². The molecule has 0 aromatic carbocycles. The van der Waals surface area contributed by atoms with Gasteiger partial charge < -0.3 is 27.9 Å². The summed E-state index contributed by atoms with van der Waals surface area (Å²) in [5.41, 5.74) is 0. The molecule has 0 aliphatic rings. The molecular formula is C44H86NO8P. The quantitative estimate of drug-likeness (QED) is 0.0198. The molecule has 0 heterocycles. The first-order chi connectivity index (χ1) is 26.0. The molecule has 0 aliphatic carbocycles. The van der Waals surface area contributed by atoms with Crippen molar-refractivity contribution in [3.63, 3.8) is 0 Å². The number of esters is 2. The number of nitrogens with zero attached hydrogens (tertiary/aromatic N) is 1. The molecule has 0 aromatic heterocycles. The van der Waals surface area contributed by atoms with Crippen LogP contribution in [0, 0.1) is 0 Å². The molecular weight excluding hydrogens is 701 g/mol. The number of likely N-dealkylation sites (N-methyl/N-ethyl adjacent to an activating group) is 1. The summed E-state index contributed by atoms with van der Waals surface area (Å²) in [6.07, 6.45) is 38.1. The van der Waals surface area contributed by atoms with Crippen molar-refractivity contribution < 1.29 is 42.1 Å². The van der Waals surface area contributed by atoms with E-state index in [-0.39, 0.29) is 32.0 Å². The Bertz CT molecular complexity index is 938. The van der Waals surface area contributed by atoms with Gasteiger partial charge in [-0.15, -0.1) is 0 Å². The standard InChI is InChI=1S/C44H86NO8P/c1-6-8-10-12-14-16-18-20-21-22-23-24-25-27-28-30-32-34-36-43(46)50-40-42(41-52-54(48,49)51-39-38-45(3,4)5)53-44(47)37-35-33-31-29-26-19-17-15-13-11-9-7-2/h15,17,42H,6-14,16,18-41H2,1-5H3/b17-15-/t42-/m1/s1. The van der Waals surface area contributed by atoms with E-state index in [2.05, 4.69) is 26.0 Å². The highest BCUT2D eigenvalue weighted by atomic mass is 31.2. The SMILES string of the molecule is CCCCC/C=C\CCCCCCCC(=O)O[C@H](COC(=O)CCCCCCCCCCCCCCCCCCCC)COP(=O)([O-])OCC[N+](C)(C)C. The lowest BCUT2D eigenvalue weighted by Gasteiger charge is -2.28. The van der Waals surface area contributed by atoms with Crippen LogP contribution in [-0.2, 0) is 32.7 Å². The van der Waals surface area contributed by atoms with Crippen molar-refractivity contribution in [3.05, 3.63) is 12.2 Å². The normalized spacial score (nSPS) is 13.7. The van der Waals surface area contributed by atoms with E-state index in [1.165, 1.54) is 116 Å². The number of unbranched alkanes of at least 4 members (excludes halogenated alkanes) is 25. The topological polar surface area (TPSA) is 111 Å². The van der Waals surface area contributed by atoms with Crippen molar-refractivity contribution in [2.45, 2.75) is 213 Å². The van der Waals surface area contributed by atoms with Gasteiger partial charge >= 0.3 is 11.9 Å². The van der Waals surface area contributed by atoms with E-state index < -0.39 is 26.5 Å². The molecule has 0 N–H and O–H groups in total. The Labute approximate surface area is 333 Å². The van der Waals surface area contributed by atoms with Gasteiger partial charge in [0.15, 0.2) is 6.10 Å². The van der Waals surface area contributed by atoms with E-state index in [0.29, 0.717) is 17.4 Å². The van der Waals surface area contributed by atoms with Crippen molar-refractivity contribution in [3.8, 4) is 0 Å². The summed E-state index contributed by atoms with van der Waals surface area (Å²) >= 11 is 0. The number of quaternary nitrogens is 1. The first-order valence-electron chi connectivity index (χ1n) is 22.4. The second-order valence-corrected chi connectivity index (χ2v) is 17.8. The molecule has 0 saturated heterocycles. The molecule has 0 bridgehead atoms. The van der Waals surface area contributed by atoms with Crippen LogP contribution in [0.15, 0.2) is 12.2 Å². The van der Waals surface area contributed by atoms with Crippen LogP contribution < -0.4 is 4.89 Å². The maximum atomic E-state index is 12.6. The van der Waals surface area contributed by atoms with Crippen LogP contribution in [0.4, 0.5) is 0 Å². The van der Waals surface area contributed by atoms with Crippen molar-refractivity contribution in [1.29, 1.82) is 0 Å². The number of hydrogen-bond acceptors (Lipinski definition) is 8. The van der Waals surface area contributed by atoms with Crippen LogP contribution in [0.25, 0.3) is 0 Å². The predicted molar refractivity (Wildman–Crippen MR) is 222 cm³/mol. The van der Waals surface area contributed by atoms with Gasteiger partial charge in [0.1, 0.15) is 19.8 Å². The number of carbonyl (C=O) groups is 2. The smallest absolute Gasteiger partial charge is 0.306 e. The van der Waals surface area contributed by atoms with Crippen molar-refractivity contribution in [2.24, 2.45) is 0 Å². The Kier molecular flexibility index (Phi) is 36.5. The van der Waals surface area contributed by atoms with Crippen LogP contribution >= 0.6 is 7.82 Å². The van der Waals surface area contributed by atoms with E-state index in [0.717, 1.165) is 57.8 Å². The maximum absolute atomic E-state index is 12.6. The van der Waals surface area contributed by atoms with Crippen LogP contribution in [-0.4, -0.2) is 70.0 Å². The number of hydrogen-bond donors (Lipinski definition) is 0. The number of carbonyl (C=O) groups excluding carboxylic acids is 2. The summed E-state index contributed by atoms with van der Waals surface area (Å²) in [7, 11) is 1.17. The average molecular weight is 788 g/mol. The van der Waals surface area contributed by atoms with E-state index in [4.69, 9.17) is 18.5 Å². The van der Waals surface area contributed by atoms with Crippen molar-refractivity contribution in [2.75, 3.05) is 47.5 Å². The molecule has 0 spiro atoms. The van der Waals surface area contributed by atoms with Crippen molar-refractivity contribution >= 4 is 19.8 Å². The van der Waals surface area contributed by atoms with E-state index in [9.17, 15) is 19.0 Å². The Morgan fingerprint density at radius 1 is 0.556 bits per heavy atom. The van der Waals surface area contributed by atoms with Gasteiger partial charge in [-0.2, -0.15) is 0 Å². The monoisotopic (exact) mass is 788 g/mol. The highest BCUT2D eigenvalue weighted by molar-refractivity contribution is 7.45. The highest BCUT2D eigenvalue weighted by Crippen LogP contribution is 2.38. The van der Waals surface area contributed by atoms with Crippen LogP contribution in [0.3, 0.4) is 0 Å². The van der Waals surface area contributed by atoms with Gasteiger partial charge in [0, 0.05) is 12.8 Å². The second-order valence-electron chi connectivity index (χ2n) is 16.4. The zero-order chi connectivity index (χ0) is 40.0. The molecule has 9 nitrogen and oxygen atoms in total. The number of phosphoric ester groups is 1. The lowest BCUT2D eigenvalue weighted by Crippen LogP contribution is -2.37. The third-order valence-corrected chi connectivity index (χ3v) is 10.7. The van der Waals surface area contributed by atoms with Gasteiger partial charge in [-0.1, -0.05) is 167 Å². The lowest BCUT2D eigenvalue weighted by molar-refractivity contribution is -0.870. The summed E-state index contributed by atoms with van der Waals surface area (Å²) in [6.45, 7) is 4.21. The van der Waals surface area contributed by atoms with E-state index >= 15 is 0 Å². The maximum Gasteiger partial charge on any atom is 0.306 e. The molecule has 0 aliphatic heterocycles. The first kappa shape index (κ1) is 52.8. The molecule has 0 aromatic rings. The van der Waals surface area contributed by atoms with E-state index in [1.54, 1.807) is 0 Å². The fourth-order valence-corrected chi connectivity index (χ4v) is 6.97. The fraction of sp³-hybridized carbons (Fsp3) is 0.909. The highest BCUT2D eigenvalue weighted by Gasteiger charge is 2.21. The Balaban J connectivity index is 4.28. The summed E-state index contributed by atoms with van der Waals surface area (Å²) in [6, 6.07) is 0. The minimum Gasteiger partial charge on any atom is -0.756 e. The third kappa shape index (κ3) is 40.4. The molecule has 0 saturated carbocycles. The summed E-state index contributed by atoms with van der Waals surface area (Å²) in [4.78, 5) is 37.5. The van der Waals surface area contributed by atoms with Gasteiger partial charge in [-0.3, -0.25) is 14.2 Å². The molecule has 320 valence electrons. The molecule has 10 heteroatoms. The number of rotatable bonds is 41. The number of ether oxygens (including phenoxy) is 2. The Hall–Kier alpha value is -1.25. The molecule has 0 radical (unpaired) electrons. The third-order valence-electron chi connectivity index (χ3n) is 9.79. The Morgan fingerprint density at radius 2 is 0.944 bits per heavy atom. The minimum atomic E-state index is -4.62. The molecule has 54 heavy (non-hydrogen) atoms. The number of allylic oxidation sites excluding steroid dienone is 2. The van der Waals surface area contributed by atoms with Gasteiger partial charge in [0.25, 0.3) is 7.82 Å². The zero-order valence-electron chi connectivity index (χ0n) is 35.9. The molecule has 2 atom stereocenters. The molecule has 0 fully saturated rings. The minimum absolute atomic E-state index is 0.0294. The molecule has 1 unspecified atom stereocenters.